The number of hydrogen-bond acceptors (Lipinski definition) is 3. The highest BCUT2D eigenvalue weighted by atomic mass is 79.9. The van der Waals surface area contributed by atoms with Gasteiger partial charge in [0.05, 0.1) is 6.04 Å². The number of halogens is 2. The van der Waals surface area contributed by atoms with Gasteiger partial charge in [-0.15, -0.1) is 0 Å². The zero-order valence-electron chi connectivity index (χ0n) is 9.82. The van der Waals surface area contributed by atoms with Crippen LogP contribution in [-0.4, -0.2) is 4.98 Å². The maximum absolute atomic E-state index is 6.24. The highest BCUT2D eigenvalue weighted by Crippen LogP contribution is 2.29. The van der Waals surface area contributed by atoms with Gasteiger partial charge in [-0.3, -0.25) is 10.8 Å². The van der Waals surface area contributed by atoms with Gasteiger partial charge in [0.25, 0.3) is 0 Å². The van der Waals surface area contributed by atoms with E-state index in [0.29, 0.717) is 5.02 Å². The summed E-state index contributed by atoms with van der Waals surface area (Å²) in [6, 6.07) is 9.50. The van der Waals surface area contributed by atoms with E-state index in [0.717, 1.165) is 21.3 Å². The van der Waals surface area contributed by atoms with Gasteiger partial charge in [-0.1, -0.05) is 39.7 Å². The second kappa shape index (κ2) is 5.80. The van der Waals surface area contributed by atoms with E-state index in [9.17, 15) is 0 Å². The number of nitrogens with two attached hydrogens (primary N) is 1. The molecule has 3 nitrogen and oxygen atoms in total. The van der Waals surface area contributed by atoms with E-state index < -0.39 is 0 Å². The molecule has 18 heavy (non-hydrogen) atoms. The third kappa shape index (κ3) is 2.90. The van der Waals surface area contributed by atoms with E-state index in [4.69, 9.17) is 17.4 Å². The molecular weight excluding hydrogens is 314 g/mol. The number of hydrazine groups is 1. The monoisotopic (exact) mass is 325 g/mol. The van der Waals surface area contributed by atoms with Crippen molar-refractivity contribution in [3.8, 4) is 0 Å². The third-order valence-corrected chi connectivity index (χ3v) is 3.53. The molecule has 1 atom stereocenters. The molecule has 1 aromatic heterocycles. The summed E-state index contributed by atoms with van der Waals surface area (Å²) < 4.78 is 0.939. The Morgan fingerprint density at radius 3 is 2.67 bits per heavy atom. The molecule has 0 aliphatic rings. The molecule has 2 aromatic rings. The van der Waals surface area contributed by atoms with Crippen molar-refractivity contribution >= 4 is 27.5 Å². The Kier molecular flexibility index (Phi) is 4.35. The number of aryl methyl sites for hydroxylation is 1. The average molecular weight is 327 g/mol. The van der Waals surface area contributed by atoms with Crippen LogP contribution in [0.2, 0.25) is 5.02 Å². The first kappa shape index (κ1) is 13.5. The van der Waals surface area contributed by atoms with Crippen molar-refractivity contribution in [3.05, 3.63) is 62.8 Å². The van der Waals surface area contributed by atoms with Crippen molar-refractivity contribution in [1.29, 1.82) is 0 Å². The molecule has 0 amide bonds. The molecule has 0 fully saturated rings. The quantitative estimate of drug-likeness (QED) is 0.672. The van der Waals surface area contributed by atoms with Crippen molar-refractivity contribution in [2.75, 3.05) is 0 Å². The van der Waals surface area contributed by atoms with E-state index in [1.807, 2.05) is 37.3 Å². The number of nitrogens with zero attached hydrogens (tertiary/aromatic N) is 1. The summed E-state index contributed by atoms with van der Waals surface area (Å²) in [5, 5.41) is 0.660. The molecule has 1 heterocycles. The first-order chi connectivity index (χ1) is 8.61. The lowest BCUT2D eigenvalue weighted by Crippen LogP contribution is -2.29. The number of hydrogen-bond donors (Lipinski definition) is 2. The summed E-state index contributed by atoms with van der Waals surface area (Å²) in [7, 11) is 0. The number of aromatic nitrogens is 1. The predicted molar refractivity (Wildman–Crippen MR) is 77.3 cm³/mol. The molecule has 94 valence electrons. The fourth-order valence-corrected chi connectivity index (χ4v) is 2.53. The van der Waals surface area contributed by atoms with Crippen LogP contribution < -0.4 is 11.3 Å². The summed E-state index contributed by atoms with van der Waals surface area (Å²) >= 11 is 9.62. The van der Waals surface area contributed by atoms with Gasteiger partial charge >= 0.3 is 0 Å². The molecular formula is C13H13BrClN3. The minimum Gasteiger partial charge on any atom is -0.271 e. The maximum Gasteiger partial charge on any atom is 0.0739 e. The molecule has 3 N–H and O–H groups in total. The number of nitrogens with one attached hydrogen (secondary N) is 1. The van der Waals surface area contributed by atoms with Gasteiger partial charge in [-0.05, 0) is 36.2 Å². The van der Waals surface area contributed by atoms with Crippen LogP contribution >= 0.6 is 27.5 Å². The van der Waals surface area contributed by atoms with Crippen molar-refractivity contribution in [2.45, 2.75) is 13.0 Å². The molecule has 2 rings (SSSR count). The summed E-state index contributed by atoms with van der Waals surface area (Å²) in [5.74, 6) is 5.63. The largest absolute Gasteiger partial charge is 0.271 e. The predicted octanol–water partition coefficient (Wildman–Crippen LogP) is 3.36. The molecule has 1 aromatic carbocycles. The van der Waals surface area contributed by atoms with Gasteiger partial charge in [0.1, 0.15) is 0 Å². The molecule has 0 bridgehead atoms. The van der Waals surface area contributed by atoms with Gasteiger partial charge in [0, 0.05) is 21.4 Å². The van der Waals surface area contributed by atoms with Crippen LogP contribution in [0.25, 0.3) is 0 Å². The Morgan fingerprint density at radius 1 is 1.33 bits per heavy atom. The molecule has 0 spiro atoms. The lowest BCUT2D eigenvalue weighted by atomic mass is 10.0. The van der Waals surface area contributed by atoms with Gasteiger partial charge in [-0.25, -0.2) is 5.43 Å². The zero-order valence-corrected chi connectivity index (χ0v) is 12.2. The Hall–Kier alpha value is -0.940. The maximum atomic E-state index is 6.24. The van der Waals surface area contributed by atoms with Crippen molar-refractivity contribution in [1.82, 2.24) is 10.4 Å². The zero-order chi connectivity index (χ0) is 13.1. The van der Waals surface area contributed by atoms with Gasteiger partial charge in [0.2, 0.25) is 0 Å². The fourth-order valence-electron chi connectivity index (χ4n) is 1.75. The number of pyridine rings is 1. The summed E-state index contributed by atoms with van der Waals surface area (Å²) in [5.41, 5.74) is 5.65. The van der Waals surface area contributed by atoms with Gasteiger partial charge in [0.15, 0.2) is 0 Å². The lowest BCUT2D eigenvalue weighted by molar-refractivity contribution is 0.634. The number of rotatable bonds is 3. The van der Waals surface area contributed by atoms with Crippen LogP contribution in [0.1, 0.15) is 22.9 Å². The SMILES string of the molecule is Cc1ccc(C(NN)c2ccc(Br)cc2Cl)cn1. The molecule has 0 aliphatic heterocycles. The molecule has 5 heteroatoms. The Labute approximate surface area is 119 Å². The minimum absolute atomic E-state index is 0.168. The fraction of sp³-hybridized carbons (Fsp3) is 0.154. The minimum atomic E-state index is -0.168. The molecule has 0 aliphatic carbocycles. The van der Waals surface area contributed by atoms with E-state index in [1.165, 1.54) is 0 Å². The normalized spacial score (nSPS) is 12.4. The van der Waals surface area contributed by atoms with Crippen LogP contribution in [0, 0.1) is 6.92 Å². The first-order valence-electron chi connectivity index (χ1n) is 5.45. The molecule has 1 unspecified atom stereocenters. The number of benzene rings is 1. The van der Waals surface area contributed by atoms with E-state index in [-0.39, 0.29) is 6.04 Å². The highest BCUT2D eigenvalue weighted by molar-refractivity contribution is 9.10. The second-order valence-corrected chi connectivity index (χ2v) is 5.32. The lowest BCUT2D eigenvalue weighted by Gasteiger charge is -2.18. The Morgan fingerprint density at radius 2 is 2.11 bits per heavy atom. The van der Waals surface area contributed by atoms with Crippen molar-refractivity contribution < 1.29 is 0 Å². The van der Waals surface area contributed by atoms with Gasteiger partial charge in [-0.2, -0.15) is 0 Å². The van der Waals surface area contributed by atoms with E-state index in [2.05, 4.69) is 26.3 Å². The second-order valence-electron chi connectivity index (χ2n) is 4.00. The van der Waals surface area contributed by atoms with E-state index >= 15 is 0 Å². The highest BCUT2D eigenvalue weighted by Gasteiger charge is 2.15. The molecule has 0 saturated carbocycles. The van der Waals surface area contributed by atoms with Crippen LogP contribution in [0.4, 0.5) is 0 Å². The third-order valence-electron chi connectivity index (χ3n) is 2.71. The van der Waals surface area contributed by atoms with Crippen molar-refractivity contribution in [3.63, 3.8) is 0 Å². The topological polar surface area (TPSA) is 50.9 Å². The smallest absolute Gasteiger partial charge is 0.0739 e. The van der Waals surface area contributed by atoms with Crippen molar-refractivity contribution in [2.24, 2.45) is 5.84 Å². The van der Waals surface area contributed by atoms with E-state index in [1.54, 1.807) is 6.20 Å². The summed E-state index contributed by atoms with van der Waals surface area (Å²) in [6.07, 6.45) is 1.80. The summed E-state index contributed by atoms with van der Waals surface area (Å²) in [4.78, 5) is 4.27. The summed E-state index contributed by atoms with van der Waals surface area (Å²) in [6.45, 7) is 1.95. The van der Waals surface area contributed by atoms with Crippen LogP contribution in [-0.2, 0) is 0 Å². The Balaban J connectivity index is 2.41. The van der Waals surface area contributed by atoms with Crippen LogP contribution in [0.15, 0.2) is 41.0 Å². The van der Waals surface area contributed by atoms with Crippen LogP contribution in [0.3, 0.4) is 0 Å². The average Bonchev–Trinajstić information content (AvgIpc) is 2.35. The molecule has 0 saturated heterocycles. The first-order valence-corrected chi connectivity index (χ1v) is 6.62. The molecule has 0 radical (unpaired) electrons. The standard InChI is InChI=1S/C13H13BrClN3/c1-8-2-3-9(7-17-8)13(18-16)11-5-4-10(14)6-12(11)15/h2-7,13,18H,16H2,1H3. The van der Waals surface area contributed by atoms with Crippen LogP contribution in [0.5, 0.6) is 0 Å². The van der Waals surface area contributed by atoms with Gasteiger partial charge < -0.3 is 0 Å². The Bertz CT molecular complexity index is 542.